The van der Waals surface area contributed by atoms with Crippen LogP contribution in [0, 0.1) is 0 Å². The molecule has 1 aliphatic rings. The molecule has 0 aromatic heterocycles. The number of amides is 1. The van der Waals surface area contributed by atoms with Crippen molar-refractivity contribution in [3.05, 3.63) is 64.7 Å². The minimum atomic E-state index is -0.123. The summed E-state index contributed by atoms with van der Waals surface area (Å²) in [6, 6.07) is 15.5. The summed E-state index contributed by atoms with van der Waals surface area (Å²) in [5.74, 6) is -0.123. The predicted octanol–water partition coefficient (Wildman–Crippen LogP) is 4.31. The molecule has 1 saturated heterocycles. The number of benzene rings is 2. The molecule has 1 aliphatic heterocycles. The van der Waals surface area contributed by atoms with Gasteiger partial charge in [0.2, 0.25) is 0 Å². The van der Waals surface area contributed by atoms with Crippen LogP contribution >= 0.6 is 24.0 Å². The third kappa shape index (κ3) is 4.96. The zero-order valence-corrected chi connectivity index (χ0v) is 14.3. The van der Waals surface area contributed by atoms with E-state index in [0.717, 1.165) is 18.7 Å². The average molecular weight is 351 g/mol. The summed E-state index contributed by atoms with van der Waals surface area (Å²) in [5.41, 5.74) is 2.70. The highest BCUT2D eigenvalue weighted by molar-refractivity contribution is 6.30. The van der Waals surface area contributed by atoms with Gasteiger partial charge in [-0.2, -0.15) is 0 Å². The molecule has 0 aliphatic carbocycles. The fraction of sp³-hybridized carbons (Fsp3) is 0.278. The molecule has 1 atom stereocenters. The molecule has 0 radical (unpaired) electrons. The number of carbonyl (C=O) groups excluding carboxylic acids is 1. The quantitative estimate of drug-likeness (QED) is 0.862. The Morgan fingerprint density at radius 2 is 1.83 bits per heavy atom. The zero-order valence-electron chi connectivity index (χ0n) is 12.7. The molecule has 2 aromatic carbocycles. The third-order valence-corrected chi connectivity index (χ3v) is 4.21. The number of anilines is 1. The molecule has 0 bridgehead atoms. The molecule has 23 heavy (non-hydrogen) atoms. The van der Waals surface area contributed by atoms with Crippen LogP contribution in [0.3, 0.4) is 0 Å². The first-order chi connectivity index (χ1) is 10.7. The monoisotopic (exact) mass is 350 g/mol. The minimum absolute atomic E-state index is 0. The van der Waals surface area contributed by atoms with Gasteiger partial charge in [0.15, 0.2) is 0 Å². The Hall–Kier alpha value is -1.55. The van der Waals surface area contributed by atoms with Crippen LogP contribution in [0.15, 0.2) is 48.5 Å². The number of hydrogen-bond acceptors (Lipinski definition) is 2. The van der Waals surface area contributed by atoms with Crippen molar-refractivity contribution in [1.82, 2.24) is 5.32 Å². The molecule has 5 heteroatoms. The summed E-state index contributed by atoms with van der Waals surface area (Å²) in [4.78, 5) is 12.1. The largest absolute Gasteiger partial charge is 0.322 e. The number of nitrogens with one attached hydrogen (secondary N) is 2. The van der Waals surface area contributed by atoms with E-state index in [1.807, 2.05) is 12.1 Å². The normalized spacial score (nSPS) is 16.7. The molecule has 122 valence electrons. The smallest absolute Gasteiger partial charge is 0.255 e. The maximum atomic E-state index is 12.1. The number of rotatable bonds is 4. The fourth-order valence-electron chi connectivity index (χ4n) is 2.74. The Kier molecular flexibility index (Phi) is 6.46. The van der Waals surface area contributed by atoms with Crippen molar-refractivity contribution < 1.29 is 4.79 Å². The van der Waals surface area contributed by atoms with E-state index in [4.69, 9.17) is 11.6 Å². The predicted molar refractivity (Wildman–Crippen MR) is 97.8 cm³/mol. The van der Waals surface area contributed by atoms with Crippen LogP contribution in [0.2, 0.25) is 5.02 Å². The Morgan fingerprint density at radius 3 is 2.43 bits per heavy atom. The molecule has 1 heterocycles. The van der Waals surface area contributed by atoms with Crippen LogP contribution < -0.4 is 10.6 Å². The van der Waals surface area contributed by atoms with Crippen molar-refractivity contribution in [2.24, 2.45) is 0 Å². The summed E-state index contributed by atoms with van der Waals surface area (Å²) in [5, 5.41) is 7.02. The van der Waals surface area contributed by atoms with Crippen LogP contribution in [-0.4, -0.2) is 18.5 Å². The summed E-state index contributed by atoms with van der Waals surface area (Å²) in [6.45, 7) is 1.12. The molecule has 1 unspecified atom stereocenters. The number of halogens is 2. The summed E-state index contributed by atoms with van der Waals surface area (Å²) < 4.78 is 0. The lowest BCUT2D eigenvalue weighted by Gasteiger charge is -2.11. The fourth-order valence-corrected chi connectivity index (χ4v) is 2.87. The molecule has 2 N–H and O–H groups in total. The first kappa shape index (κ1) is 17.8. The van der Waals surface area contributed by atoms with Crippen molar-refractivity contribution in [3.8, 4) is 0 Å². The lowest BCUT2D eigenvalue weighted by Crippen LogP contribution is -2.23. The van der Waals surface area contributed by atoms with Crippen molar-refractivity contribution in [2.75, 3.05) is 11.9 Å². The van der Waals surface area contributed by atoms with Crippen molar-refractivity contribution in [2.45, 2.75) is 25.3 Å². The van der Waals surface area contributed by atoms with Crippen molar-refractivity contribution >= 4 is 35.6 Å². The Morgan fingerprint density at radius 1 is 1.13 bits per heavy atom. The highest BCUT2D eigenvalue weighted by atomic mass is 35.5. The van der Waals surface area contributed by atoms with Gasteiger partial charge >= 0.3 is 0 Å². The molecular formula is C18H20Cl2N2O. The van der Waals surface area contributed by atoms with Crippen LogP contribution in [-0.2, 0) is 6.42 Å². The van der Waals surface area contributed by atoms with E-state index in [1.54, 1.807) is 24.3 Å². The maximum Gasteiger partial charge on any atom is 0.255 e. The summed E-state index contributed by atoms with van der Waals surface area (Å²) in [6.07, 6.45) is 3.56. The highest BCUT2D eigenvalue weighted by Crippen LogP contribution is 2.16. The average Bonchev–Trinajstić information content (AvgIpc) is 3.03. The summed E-state index contributed by atoms with van der Waals surface area (Å²) in [7, 11) is 0. The van der Waals surface area contributed by atoms with Crippen LogP contribution in [0.1, 0.15) is 28.8 Å². The van der Waals surface area contributed by atoms with E-state index >= 15 is 0 Å². The van der Waals surface area contributed by atoms with Crippen LogP contribution in [0.5, 0.6) is 0 Å². The lowest BCUT2D eigenvalue weighted by atomic mass is 10.0. The Balaban J connectivity index is 0.00000192. The van der Waals surface area contributed by atoms with Gasteiger partial charge in [0.1, 0.15) is 0 Å². The van der Waals surface area contributed by atoms with E-state index < -0.39 is 0 Å². The SMILES string of the molecule is Cl.O=C(Nc1ccc(CC2CCCN2)cc1)c1ccc(Cl)cc1. The minimum Gasteiger partial charge on any atom is -0.322 e. The van der Waals surface area contributed by atoms with Gasteiger partial charge in [-0.05, 0) is 67.8 Å². The Labute approximate surface area is 147 Å². The second-order valence-electron chi connectivity index (χ2n) is 5.66. The zero-order chi connectivity index (χ0) is 15.4. The molecule has 1 amide bonds. The van der Waals surface area contributed by atoms with E-state index in [0.29, 0.717) is 16.6 Å². The number of carbonyl (C=O) groups is 1. The molecule has 3 nitrogen and oxygen atoms in total. The lowest BCUT2D eigenvalue weighted by molar-refractivity contribution is 0.102. The van der Waals surface area contributed by atoms with Gasteiger partial charge in [-0.1, -0.05) is 23.7 Å². The van der Waals surface area contributed by atoms with Gasteiger partial charge in [0, 0.05) is 22.3 Å². The number of hydrogen-bond donors (Lipinski definition) is 2. The topological polar surface area (TPSA) is 41.1 Å². The molecule has 0 spiro atoms. The van der Waals surface area contributed by atoms with Gasteiger partial charge < -0.3 is 10.6 Å². The van der Waals surface area contributed by atoms with E-state index in [-0.39, 0.29) is 18.3 Å². The first-order valence-corrected chi connectivity index (χ1v) is 7.98. The van der Waals surface area contributed by atoms with Gasteiger partial charge in [-0.25, -0.2) is 0 Å². The maximum absolute atomic E-state index is 12.1. The summed E-state index contributed by atoms with van der Waals surface area (Å²) >= 11 is 5.83. The van der Waals surface area contributed by atoms with Crippen LogP contribution in [0.25, 0.3) is 0 Å². The van der Waals surface area contributed by atoms with Crippen molar-refractivity contribution in [3.63, 3.8) is 0 Å². The van der Waals surface area contributed by atoms with E-state index in [9.17, 15) is 4.79 Å². The van der Waals surface area contributed by atoms with Gasteiger partial charge in [0.05, 0.1) is 0 Å². The van der Waals surface area contributed by atoms with Crippen molar-refractivity contribution in [1.29, 1.82) is 0 Å². The molecule has 3 rings (SSSR count). The first-order valence-electron chi connectivity index (χ1n) is 7.60. The second kappa shape index (κ2) is 8.34. The third-order valence-electron chi connectivity index (χ3n) is 3.96. The van der Waals surface area contributed by atoms with Crippen LogP contribution in [0.4, 0.5) is 5.69 Å². The molecule has 0 saturated carbocycles. The molecule has 1 fully saturated rings. The Bertz CT molecular complexity index is 635. The van der Waals surface area contributed by atoms with Gasteiger partial charge in [-0.3, -0.25) is 4.79 Å². The highest BCUT2D eigenvalue weighted by Gasteiger charge is 2.14. The van der Waals surface area contributed by atoms with E-state index in [1.165, 1.54) is 18.4 Å². The molecule has 2 aromatic rings. The van der Waals surface area contributed by atoms with Gasteiger partial charge in [-0.15, -0.1) is 12.4 Å². The second-order valence-corrected chi connectivity index (χ2v) is 6.09. The van der Waals surface area contributed by atoms with Gasteiger partial charge in [0.25, 0.3) is 5.91 Å². The molecular weight excluding hydrogens is 331 g/mol. The standard InChI is InChI=1S/C18H19ClN2O.ClH/c19-15-7-5-14(6-8-15)18(22)21-16-9-3-13(4-10-16)12-17-2-1-11-20-17;/h3-10,17,20H,1-2,11-12H2,(H,21,22);1H. The van der Waals surface area contributed by atoms with E-state index in [2.05, 4.69) is 22.8 Å².